The molecule has 4 rings (SSSR count). The minimum Gasteiger partial charge on any atom is -0.390 e. The predicted octanol–water partition coefficient (Wildman–Crippen LogP) is 6.32. The van der Waals surface area contributed by atoms with Crippen molar-refractivity contribution in [2.45, 2.75) is 96.4 Å². The van der Waals surface area contributed by atoms with Gasteiger partial charge in [-0.25, -0.2) is 8.78 Å². The Morgan fingerprint density at radius 2 is 1.78 bits per heavy atom. The van der Waals surface area contributed by atoms with Gasteiger partial charge in [0.25, 0.3) is 0 Å². The number of amides is 2. The molecule has 0 atom stereocenters. The van der Waals surface area contributed by atoms with E-state index in [9.17, 15) is 23.5 Å². The largest absolute Gasteiger partial charge is 0.390 e. The zero-order valence-corrected chi connectivity index (χ0v) is 28.2. The summed E-state index contributed by atoms with van der Waals surface area (Å²) in [6.45, 7) is 12.2. The summed E-state index contributed by atoms with van der Waals surface area (Å²) < 4.78 is 27.9. The van der Waals surface area contributed by atoms with Gasteiger partial charge in [-0.2, -0.15) is 0 Å². The molecular weight excluding hydrogens is 598 g/mol. The summed E-state index contributed by atoms with van der Waals surface area (Å²) in [5.41, 5.74) is -0.785. The molecular formula is C35H47ClF2N4O3. The molecule has 1 aliphatic carbocycles. The second-order valence-corrected chi connectivity index (χ2v) is 13.2. The van der Waals surface area contributed by atoms with Gasteiger partial charge in [0.15, 0.2) is 0 Å². The molecule has 2 amide bonds. The molecule has 0 bridgehead atoms. The first-order valence-electron chi connectivity index (χ1n) is 15.6. The van der Waals surface area contributed by atoms with E-state index in [1.807, 2.05) is 52.8 Å². The molecule has 0 unspecified atom stereocenters. The number of nitrogens with zero attached hydrogens (tertiary/aromatic N) is 2. The fourth-order valence-electron chi connectivity index (χ4n) is 6.03. The van der Waals surface area contributed by atoms with Crippen molar-refractivity contribution in [3.05, 3.63) is 81.9 Å². The van der Waals surface area contributed by atoms with Crippen LogP contribution in [0.25, 0.3) is 0 Å². The standard InChI is InChI=1S/C33H41ClF2N4O3.C2H6/c1-21(15-28(37-5)26-10-9-24(35)17-27(26)36)30(42)39-33(19-40(20-33)25-11-13-32(4,43)14-12-25)18-29(41)38-31(2,3)22-7-6-8-23(34)16-22;1-2/h6-10,15-17,25,43H,11-14,18-20H2,1-5H3,(H,38,41)(H,39,42);1-2H3/b21-15+,37-28?;. The van der Waals surface area contributed by atoms with Gasteiger partial charge in [-0.15, -0.1) is 0 Å². The molecule has 246 valence electrons. The third-order valence-corrected chi connectivity index (χ3v) is 8.83. The Hall–Kier alpha value is -3.14. The Bertz CT molecular complexity index is 1420. The van der Waals surface area contributed by atoms with Crippen molar-refractivity contribution in [3.8, 4) is 0 Å². The van der Waals surface area contributed by atoms with Gasteiger partial charge in [0, 0.05) is 48.4 Å². The number of carbonyl (C=O) groups excluding carboxylic acids is 2. The van der Waals surface area contributed by atoms with Crippen LogP contribution >= 0.6 is 11.6 Å². The fraction of sp³-hybridized carbons (Fsp3) is 0.514. The lowest BCUT2D eigenvalue weighted by molar-refractivity contribution is -0.131. The fourth-order valence-corrected chi connectivity index (χ4v) is 6.22. The molecule has 2 aromatic rings. The Labute approximate surface area is 271 Å². The molecule has 2 aromatic carbocycles. The number of aliphatic imine (C=N–C) groups is 1. The minimum absolute atomic E-state index is 0.0538. The van der Waals surface area contributed by atoms with Crippen molar-refractivity contribution in [2.75, 3.05) is 20.1 Å². The maximum absolute atomic E-state index is 14.4. The Morgan fingerprint density at radius 1 is 1.13 bits per heavy atom. The number of halogens is 3. The van der Waals surface area contributed by atoms with E-state index >= 15 is 0 Å². The van der Waals surface area contributed by atoms with Gasteiger partial charge in [-0.1, -0.05) is 37.6 Å². The lowest BCUT2D eigenvalue weighted by Crippen LogP contribution is -2.73. The van der Waals surface area contributed by atoms with Crippen LogP contribution in [-0.4, -0.2) is 64.9 Å². The van der Waals surface area contributed by atoms with Crippen molar-refractivity contribution >= 4 is 29.1 Å². The number of aliphatic hydroxyl groups is 1. The summed E-state index contributed by atoms with van der Waals surface area (Å²) in [6, 6.07) is 10.8. The second kappa shape index (κ2) is 15.0. The summed E-state index contributed by atoms with van der Waals surface area (Å²) in [7, 11) is 1.47. The van der Waals surface area contributed by atoms with Gasteiger partial charge in [0.1, 0.15) is 11.6 Å². The van der Waals surface area contributed by atoms with Crippen LogP contribution in [0, 0.1) is 11.6 Å². The van der Waals surface area contributed by atoms with Gasteiger partial charge in [-0.3, -0.25) is 19.5 Å². The van der Waals surface area contributed by atoms with Gasteiger partial charge < -0.3 is 15.7 Å². The monoisotopic (exact) mass is 644 g/mol. The third-order valence-electron chi connectivity index (χ3n) is 8.60. The maximum atomic E-state index is 14.4. The number of hydrogen-bond donors (Lipinski definition) is 3. The molecule has 7 nitrogen and oxygen atoms in total. The molecule has 1 aliphatic heterocycles. The SMILES string of the molecule is CC.CN=C(/C=C(\C)C(=O)NC1(CC(=O)NC(C)(C)c2cccc(Cl)c2)CN(C2CCC(C)(O)CC2)C1)c1ccc(F)cc1F. The molecule has 3 N–H and O–H groups in total. The zero-order chi connectivity index (χ0) is 33.6. The topological polar surface area (TPSA) is 94.0 Å². The zero-order valence-electron chi connectivity index (χ0n) is 27.4. The number of rotatable bonds is 9. The van der Waals surface area contributed by atoms with Gasteiger partial charge in [0.05, 0.1) is 28.8 Å². The molecule has 2 aliphatic rings. The summed E-state index contributed by atoms with van der Waals surface area (Å²) in [4.78, 5) is 33.3. The number of benzene rings is 2. The summed E-state index contributed by atoms with van der Waals surface area (Å²) in [6.07, 6.45) is 4.58. The highest BCUT2D eigenvalue weighted by Crippen LogP contribution is 2.36. The normalized spacial score (nSPS) is 22.1. The number of likely N-dealkylation sites (tertiary alicyclic amines) is 1. The average molecular weight is 645 g/mol. The number of carbonyl (C=O) groups is 2. The van der Waals surface area contributed by atoms with Gasteiger partial charge >= 0.3 is 0 Å². The minimum atomic E-state index is -0.828. The van der Waals surface area contributed by atoms with Crippen LogP contribution in [0.3, 0.4) is 0 Å². The molecule has 10 heteroatoms. The van der Waals surface area contributed by atoms with Crippen molar-refractivity contribution in [1.29, 1.82) is 0 Å². The van der Waals surface area contributed by atoms with Crippen LogP contribution in [0.5, 0.6) is 0 Å². The van der Waals surface area contributed by atoms with Crippen molar-refractivity contribution in [1.82, 2.24) is 15.5 Å². The molecule has 1 saturated carbocycles. The Balaban J connectivity index is 0.00000271. The van der Waals surface area contributed by atoms with Crippen LogP contribution in [0.1, 0.15) is 84.8 Å². The first-order chi connectivity index (χ1) is 21.1. The van der Waals surface area contributed by atoms with E-state index in [-0.39, 0.29) is 35.2 Å². The summed E-state index contributed by atoms with van der Waals surface area (Å²) in [5.74, 6) is -2.11. The van der Waals surface area contributed by atoms with Crippen LogP contribution in [0.2, 0.25) is 5.02 Å². The van der Waals surface area contributed by atoms with Crippen LogP contribution in [-0.2, 0) is 15.1 Å². The number of allylic oxidation sites excluding steroid dienone is 1. The number of hydrogen-bond acceptors (Lipinski definition) is 5. The van der Waals surface area contributed by atoms with Crippen LogP contribution < -0.4 is 10.6 Å². The predicted molar refractivity (Wildman–Crippen MR) is 176 cm³/mol. The Kier molecular flexibility index (Phi) is 12.1. The summed E-state index contributed by atoms with van der Waals surface area (Å²) in [5, 5.41) is 17.2. The van der Waals surface area contributed by atoms with Crippen molar-refractivity contribution in [3.63, 3.8) is 0 Å². The first kappa shape index (κ1) is 36.3. The van der Waals surface area contributed by atoms with E-state index in [1.165, 1.54) is 19.2 Å². The van der Waals surface area contributed by atoms with E-state index < -0.39 is 34.2 Å². The third kappa shape index (κ3) is 9.44. The Morgan fingerprint density at radius 3 is 2.36 bits per heavy atom. The lowest BCUT2D eigenvalue weighted by atomic mass is 9.78. The smallest absolute Gasteiger partial charge is 0.247 e. The summed E-state index contributed by atoms with van der Waals surface area (Å²) >= 11 is 6.19. The van der Waals surface area contributed by atoms with Crippen LogP contribution in [0.15, 0.2) is 59.1 Å². The van der Waals surface area contributed by atoms with Gasteiger partial charge in [0.2, 0.25) is 11.8 Å². The molecule has 1 saturated heterocycles. The maximum Gasteiger partial charge on any atom is 0.247 e. The second-order valence-electron chi connectivity index (χ2n) is 12.8. The highest BCUT2D eigenvalue weighted by atomic mass is 35.5. The van der Waals surface area contributed by atoms with E-state index in [1.54, 1.807) is 13.0 Å². The highest BCUT2D eigenvalue weighted by molar-refractivity contribution is 6.30. The van der Waals surface area contributed by atoms with Crippen molar-refractivity contribution < 1.29 is 23.5 Å². The van der Waals surface area contributed by atoms with Gasteiger partial charge in [-0.05, 0) is 89.3 Å². The van der Waals surface area contributed by atoms with E-state index in [0.717, 1.165) is 30.5 Å². The molecule has 0 spiro atoms. The molecule has 0 aromatic heterocycles. The molecule has 45 heavy (non-hydrogen) atoms. The molecule has 2 fully saturated rings. The molecule has 1 heterocycles. The van der Waals surface area contributed by atoms with Crippen LogP contribution in [0.4, 0.5) is 8.78 Å². The lowest BCUT2D eigenvalue weighted by Gasteiger charge is -2.55. The molecule has 0 radical (unpaired) electrons. The first-order valence-corrected chi connectivity index (χ1v) is 16.0. The van der Waals surface area contributed by atoms with Crippen molar-refractivity contribution in [2.24, 2.45) is 4.99 Å². The number of nitrogens with one attached hydrogen (secondary N) is 2. The highest BCUT2D eigenvalue weighted by Gasteiger charge is 2.49. The average Bonchev–Trinajstić information content (AvgIpc) is 2.95. The van der Waals surface area contributed by atoms with E-state index in [2.05, 4.69) is 20.5 Å². The van der Waals surface area contributed by atoms with E-state index in [4.69, 9.17) is 11.6 Å². The van der Waals surface area contributed by atoms with E-state index in [0.29, 0.717) is 31.0 Å². The quantitative estimate of drug-likeness (QED) is 0.220.